The molecule has 0 aromatic heterocycles. The van der Waals surface area contributed by atoms with Crippen LogP contribution >= 0.6 is 0 Å². The number of amides is 2. The zero-order valence-electron chi connectivity index (χ0n) is 13.0. The van der Waals surface area contributed by atoms with Crippen LogP contribution in [0.3, 0.4) is 0 Å². The third kappa shape index (κ3) is 10.5. The largest absolute Gasteiger partial charge is 0.356 e. The van der Waals surface area contributed by atoms with Gasteiger partial charge in [-0.05, 0) is 18.8 Å². The van der Waals surface area contributed by atoms with Crippen LogP contribution in [0.25, 0.3) is 0 Å². The van der Waals surface area contributed by atoms with Gasteiger partial charge < -0.3 is 10.2 Å². The Morgan fingerprint density at radius 2 is 1.84 bits per heavy atom. The number of rotatable bonds is 10. The first-order chi connectivity index (χ1) is 8.97. The topological polar surface area (TPSA) is 49.4 Å². The number of hydrogen-bond acceptors (Lipinski definition) is 2. The van der Waals surface area contributed by atoms with Crippen molar-refractivity contribution in [3.8, 4) is 0 Å². The molecule has 0 atom stereocenters. The molecule has 0 aromatic carbocycles. The van der Waals surface area contributed by atoms with Crippen molar-refractivity contribution in [3.63, 3.8) is 0 Å². The number of nitrogens with zero attached hydrogens (tertiary/aromatic N) is 1. The highest BCUT2D eigenvalue weighted by molar-refractivity contribution is 5.77. The molecule has 0 aliphatic rings. The molecule has 0 saturated heterocycles. The van der Waals surface area contributed by atoms with E-state index in [9.17, 15) is 9.59 Å². The lowest BCUT2D eigenvalue weighted by atomic mass is 10.1. The molecule has 0 aromatic rings. The van der Waals surface area contributed by atoms with Gasteiger partial charge in [-0.25, -0.2) is 0 Å². The van der Waals surface area contributed by atoms with E-state index in [4.69, 9.17) is 0 Å². The number of carbonyl (C=O) groups excluding carboxylic acids is 2. The first-order valence-electron chi connectivity index (χ1n) is 7.49. The number of nitrogens with one attached hydrogen (secondary N) is 1. The van der Waals surface area contributed by atoms with E-state index in [1.54, 1.807) is 11.8 Å². The average molecular weight is 270 g/mol. The summed E-state index contributed by atoms with van der Waals surface area (Å²) in [5.74, 6) is 0.677. The maximum Gasteiger partial charge on any atom is 0.221 e. The van der Waals surface area contributed by atoms with E-state index < -0.39 is 0 Å². The maximum atomic E-state index is 11.6. The number of hydrogen-bond donors (Lipinski definition) is 1. The summed E-state index contributed by atoms with van der Waals surface area (Å²) in [6.45, 7) is 10.0. The van der Waals surface area contributed by atoms with E-state index in [1.807, 2.05) is 0 Å². The molecule has 4 heteroatoms. The minimum Gasteiger partial charge on any atom is -0.356 e. The van der Waals surface area contributed by atoms with E-state index in [0.717, 1.165) is 38.8 Å². The average Bonchev–Trinajstić information content (AvgIpc) is 2.33. The molecule has 0 aliphatic heterocycles. The molecule has 0 saturated carbocycles. The van der Waals surface area contributed by atoms with Crippen molar-refractivity contribution in [1.29, 1.82) is 0 Å². The Morgan fingerprint density at radius 3 is 2.37 bits per heavy atom. The fourth-order valence-electron chi connectivity index (χ4n) is 1.77. The van der Waals surface area contributed by atoms with Crippen LogP contribution in [-0.2, 0) is 9.59 Å². The summed E-state index contributed by atoms with van der Waals surface area (Å²) >= 11 is 0. The second-order valence-corrected chi connectivity index (χ2v) is 5.50. The Morgan fingerprint density at radius 1 is 1.16 bits per heavy atom. The van der Waals surface area contributed by atoms with Gasteiger partial charge in [0.2, 0.25) is 11.8 Å². The predicted octanol–water partition coefficient (Wildman–Crippen LogP) is 2.58. The smallest absolute Gasteiger partial charge is 0.221 e. The quantitative estimate of drug-likeness (QED) is 0.620. The molecule has 0 rings (SSSR count). The van der Waals surface area contributed by atoms with E-state index in [0.29, 0.717) is 18.9 Å². The summed E-state index contributed by atoms with van der Waals surface area (Å²) in [4.78, 5) is 24.9. The van der Waals surface area contributed by atoms with Crippen molar-refractivity contribution < 1.29 is 9.59 Å². The second-order valence-electron chi connectivity index (χ2n) is 5.50. The first kappa shape index (κ1) is 17.9. The number of carbonyl (C=O) groups is 2. The molecule has 0 aliphatic carbocycles. The van der Waals surface area contributed by atoms with Gasteiger partial charge in [0.1, 0.15) is 0 Å². The highest BCUT2D eigenvalue weighted by Crippen LogP contribution is 2.03. The fourth-order valence-corrected chi connectivity index (χ4v) is 1.77. The van der Waals surface area contributed by atoms with Crippen LogP contribution < -0.4 is 5.32 Å². The Bertz CT molecular complexity index is 265. The molecule has 2 amide bonds. The fraction of sp³-hybridized carbons (Fsp3) is 0.867. The lowest BCUT2D eigenvalue weighted by Gasteiger charge is -2.21. The van der Waals surface area contributed by atoms with Gasteiger partial charge in [0, 0.05) is 33.0 Å². The molecule has 0 spiro atoms. The lowest BCUT2D eigenvalue weighted by molar-refractivity contribution is -0.129. The monoisotopic (exact) mass is 270 g/mol. The van der Waals surface area contributed by atoms with Gasteiger partial charge in [-0.15, -0.1) is 0 Å². The third-order valence-electron chi connectivity index (χ3n) is 3.13. The molecule has 112 valence electrons. The van der Waals surface area contributed by atoms with Crippen molar-refractivity contribution >= 4 is 11.8 Å². The van der Waals surface area contributed by atoms with Gasteiger partial charge in [0.25, 0.3) is 0 Å². The summed E-state index contributed by atoms with van der Waals surface area (Å²) in [6.07, 6.45) is 4.73. The van der Waals surface area contributed by atoms with E-state index in [-0.39, 0.29) is 11.8 Å². The normalized spacial score (nSPS) is 10.6. The van der Waals surface area contributed by atoms with E-state index >= 15 is 0 Å². The Labute approximate surface area is 117 Å². The van der Waals surface area contributed by atoms with Crippen LogP contribution in [0.2, 0.25) is 0 Å². The van der Waals surface area contributed by atoms with E-state index in [2.05, 4.69) is 26.1 Å². The molecule has 0 heterocycles. The molecule has 4 nitrogen and oxygen atoms in total. The minimum absolute atomic E-state index is 0.0481. The summed E-state index contributed by atoms with van der Waals surface area (Å²) in [5.41, 5.74) is 0. The van der Waals surface area contributed by atoms with E-state index in [1.165, 1.54) is 0 Å². The Balaban J connectivity index is 3.84. The molecule has 0 radical (unpaired) electrons. The minimum atomic E-state index is 0.0481. The van der Waals surface area contributed by atoms with Crippen molar-refractivity contribution in [2.45, 2.75) is 59.8 Å². The van der Waals surface area contributed by atoms with Gasteiger partial charge in [0.15, 0.2) is 0 Å². The molecule has 0 bridgehead atoms. The number of unbranched alkanes of at least 4 members (excludes halogenated alkanes) is 2. The predicted molar refractivity (Wildman–Crippen MR) is 78.9 cm³/mol. The third-order valence-corrected chi connectivity index (χ3v) is 3.13. The zero-order chi connectivity index (χ0) is 14.7. The van der Waals surface area contributed by atoms with Gasteiger partial charge in [-0.1, -0.05) is 33.6 Å². The van der Waals surface area contributed by atoms with Gasteiger partial charge in [-0.2, -0.15) is 0 Å². The summed E-state index contributed by atoms with van der Waals surface area (Å²) in [7, 11) is 0. The molecule has 19 heavy (non-hydrogen) atoms. The summed E-state index contributed by atoms with van der Waals surface area (Å²) in [5, 5.41) is 2.90. The molecule has 1 N–H and O–H groups in total. The van der Waals surface area contributed by atoms with Gasteiger partial charge in [0.05, 0.1) is 0 Å². The standard InChI is InChI=1S/C15H30N2O2/c1-5-6-7-10-16-15(19)9-12-17(14(4)18)11-8-13(2)3/h13H,5-12H2,1-4H3,(H,16,19). The summed E-state index contributed by atoms with van der Waals surface area (Å²) < 4.78 is 0. The van der Waals surface area contributed by atoms with Crippen LogP contribution in [0.5, 0.6) is 0 Å². The van der Waals surface area contributed by atoms with Gasteiger partial charge in [-0.3, -0.25) is 9.59 Å². The Kier molecular flexibility index (Phi) is 10.2. The Hall–Kier alpha value is -1.06. The van der Waals surface area contributed by atoms with Crippen LogP contribution in [0.1, 0.15) is 59.8 Å². The zero-order valence-corrected chi connectivity index (χ0v) is 13.0. The van der Waals surface area contributed by atoms with Crippen LogP contribution in [0.4, 0.5) is 0 Å². The van der Waals surface area contributed by atoms with Crippen LogP contribution in [0.15, 0.2) is 0 Å². The van der Waals surface area contributed by atoms with Crippen molar-refractivity contribution in [2.75, 3.05) is 19.6 Å². The lowest BCUT2D eigenvalue weighted by Crippen LogP contribution is -2.35. The second kappa shape index (κ2) is 10.8. The molecule has 0 unspecified atom stereocenters. The van der Waals surface area contributed by atoms with Crippen molar-refractivity contribution in [1.82, 2.24) is 10.2 Å². The highest BCUT2D eigenvalue weighted by atomic mass is 16.2. The SMILES string of the molecule is CCCCCNC(=O)CCN(CCC(C)C)C(C)=O. The summed E-state index contributed by atoms with van der Waals surface area (Å²) in [6, 6.07) is 0. The van der Waals surface area contributed by atoms with Crippen molar-refractivity contribution in [3.05, 3.63) is 0 Å². The maximum absolute atomic E-state index is 11.6. The van der Waals surface area contributed by atoms with Crippen LogP contribution in [0, 0.1) is 5.92 Å². The molecular weight excluding hydrogens is 240 g/mol. The molecular formula is C15H30N2O2. The molecule has 0 fully saturated rings. The van der Waals surface area contributed by atoms with Gasteiger partial charge >= 0.3 is 0 Å². The van der Waals surface area contributed by atoms with Crippen LogP contribution in [-0.4, -0.2) is 36.3 Å². The van der Waals surface area contributed by atoms with Crippen molar-refractivity contribution in [2.24, 2.45) is 5.92 Å². The highest BCUT2D eigenvalue weighted by Gasteiger charge is 2.11. The first-order valence-corrected chi connectivity index (χ1v) is 7.49.